The van der Waals surface area contributed by atoms with Crippen molar-refractivity contribution in [1.29, 1.82) is 0 Å². The number of hydrogen-bond acceptors (Lipinski definition) is 4. The van der Waals surface area contributed by atoms with Gasteiger partial charge in [0.15, 0.2) is 0 Å². The van der Waals surface area contributed by atoms with Gasteiger partial charge in [0.25, 0.3) is 0 Å². The average Bonchev–Trinajstić information content (AvgIpc) is 3.01. The van der Waals surface area contributed by atoms with Gasteiger partial charge in [0, 0.05) is 19.6 Å². The highest BCUT2D eigenvalue weighted by molar-refractivity contribution is 5.86. The SMILES string of the molecule is C=CCOC(=O)N1CCC[C@@H]1C(=O)N1CCC(C(=O)O)CC1. The molecule has 122 valence electrons. The second-order valence-corrected chi connectivity index (χ2v) is 5.65. The van der Waals surface area contributed by atoms with Gasteiger partial charge >= 0.3 is 12.1 Å². The second-order valence-electron chi connectivity index (χ2n) is 5.65. The van der Waals surface area contributed by atoms with Gasteiger partial charge in [-0.2, -0.15) is 0 Å². The molecule has 2 aliphatic rings. The van der Waals surface area contributed by atoms with Gasteiger partial charge in [-0.05, 0) is 25.7 Å². The Morgan fingerprint density at radius 3 is 2.45 bits per heavy atom. The fraction of sp³-hybridized carbons (Fsp3) is 0.667. The lowest BCUT2D eigenvalue weighted by Gasteiger charge is -2.34. The average molecular weight is 310 g/mol. The van der Waals surface area contributed by atoms with Crippen LogP contribution in [0.15, 0.2) is 12.7 Å². The number of carboxylic acids is 1. The summed E-state index contributed by atoms with van der Waals surface area (Å²) in [5, 5.41) is 8.99. The van der Waals surface area contributed by atoms with Crippen molar-refractivity contribution >= 4 is 18.0 Å². The van der Waals surface area contributed by atoms with Crippen molar-refractivity contribution in [2.75, 3.05) is 26.2 Å². The number of piperidine rings is 1. The first-order valence-electron chi connectivity index (χ1n) is 7.60. The molecule has 22 heavy (non-hydrogen) atoms. The van der Waals surface area contributed by atoms with Gasteiger partial charge < -0.3 is 14.7 Å². The molecule has 0 aromatic heterocycles. The molecule has 1 N–H and O–H groups in total. The molecule has 0 radical (unpaired) electrons. The molecule has 0 saturated carbocycles. The third kappa shape index (κ3) is 3.58. The van der Waals surface area contributed by atoms with Gasteiger partial charge in [-0.25, -0.2) is 4.79 Å². The highest BCUT2D eigenvalue weighted by atomic mass is 16.6. The highest BCUT2D eigenvalue weighted by Crippen LogP contribution is 2.24. The Bertz CT molecular complexity index is 457. The van der Waals surface area contributed by atoms with Gasteiger partial charge in [-0.15, -0.1) is 0 Å². The van der Waals surface area contributed by atoms with Crippen molar-refractivity contribution in [1.82, 2.24) is 9.80 Å². The highest BCUT2D eigenvalue weighted by Gasteiger charge is 2.38. The third-order valence-electron chi connectivity index (χ3n) is 4.25. The van der Waals surface area contributed by atoms with E-state index in [1.807, 2.05) is 0 Å². The standard InChI is InChI=1S/C15H22N2O5/c1-2-10-22-15(21)17-7-3-4-12(17)13(18)16-8-5-11(6-9-16)14(19)20/h2,11-12H,1,3-10H2,(H,19,20)/t12-/m1/s1. The van der Waals surface area contributed by atoms with Crippen molar-refractivity contribution in [3.05, 3.63) is 12.7 Å². The maximum atomic E-state index is 12.6. The molecule has 7 heteroatoms. The summed E-state index contributed by atoms with van der Waals surface area (Å²) < 4.78 is 5.01. The molecule has 7 nitrogen and oxygen atoms in total. The first kappa shape index (κ1) is 16.3. The minimum absolute atomic E-state index is 0.100. The van der Waals surface area contributed by atoms with Crippen LogP contribution in [-0.2, 0) is 14.3 Å². The van der Waals surface area contributed by atoms with Crippen molar-refractivity contribution < 1.29 is 24.2 Å². The quantitative estimate of drug-likeness (QED) is 0.786. The molecule has 2 amide bonds. The summed E-state index contributed by atoms with van der Waals surface area (Å²) in [5.74, 6) is -1.28. The van der Waals surface area contributed by atoms with Crippen LogP contribution in [-0.4, -0.2) is 65.2 Å². The first-order valence-corrected chi connectivity index (χ1v) is 7.60. The number of amides is 2. The maximum absolute atomic E-state index is 12.6. The largest absolute Gasteiger partial charge is 0.481 e. The predicted octanol–water partition coefficient (Wildman–Crippen LogP) is 1.10. The lowest BCUT2D eigenvalue weighted by Crippen LogP contribution is -2.50. The van der Waals surface area contributed by atoms with E-state index in [1.54, 1.807) is 4.90 Å². The minimum atomic E-state index is -0.803. The Morgan fingerprint density at radius 2 is 1.86 bits per heavy atom. The summed E-state index contributed by atoms with van der Waals surface area (Å²) in [4.78, 5) is 38.6. The number of rotatable bonds is 4. The minimum Gasteiger partial charge on any atom is -0.481 e. The molecular formula is C15H22N2O5. The van der Waals surface area contributed by atoms with Crippen LogP contribution in [0.1, 0.15) is 25.7 Å². The summed E-state index contributed by atoms with van der Waals surface area (Å²) >= 11 is 0. The fourth-order valence-electron chi connectivity index (χ4n) is 3.01. The van der Waals surface area contributed by atoms with E-state index in [1.165, 1.54) is 11.0 Å². The van der Waals surface area contributed by atoms with Crippen molar-refractivity contribution in [2.45, 2.75) is 31.7 Å². The topological polar surface area (TPSA) is 87.2 Å². The molecule has 2 aliphatic heterocycles. The molecule has 0 aromatic carbocycles. The zero-order chi connectivity index (χ0) is 16.1. The van der Waals surface area contributed by atoms with Gasteiger partial charge in [0.1, 0.15) is 12.6 Å². The lowest BCUT2D eigenvalue weighted by atomic mass is 9.96. The summed E-state index contributed by atoms with van der Waals surface area (Å²) in [6.07, 6.45) is 3.33. The normalized spacial score (nSPS) is 22.5. The molecule has 0 aromatic rings. The predicted molar refractivity (Wildman–Crippen MR) is 78.2 cm³/mol. The molecule has 0 spiro atoms. The summed E-state index contributed by atoms with van der Waals surface area (Å²) in [6.45, 7) is 4.99. The van der Waals surface area contributed by atoms with E-state index < -0.39 is 18.1 Å². The van der Waals surface area contributed by atoms with Crippen molar-refractivity contribution in [3.8, 4) is 0 Å². The number of likely N-dealkylation sites (tertiary alicyclic amines) is 2. The smallest absolute Gasteiger partial charge is 0.410 e. The van der Waals surface area contributed by atoms with Crippen LogP contribution < -0.4 is 0 Å². The van der Waals surface area contributed by atoms with Gasteiger partial charge in [-0.1, -0.05) is 12.7 Å². The van der Waals surface area contributed by atoms with E-state index in [4.69, 9.17) is 9.84 Å². The molecule has 2 saturated heterocycles. The number of ether oxygens (including phenoxy) is 1. The number of aliphatic carboxylic acids is 1. The molecular weight excluding hydrogens is 288 g/mol. The van der Waals surface area contributed by atoms with Crippen LogP contribution in [0.4, 0.5) is 4.79 Å². The zero-order valence-corrected chi connectivity index (χ0v) is 12.6. The number of hydrogen-bond donors (Lipinski definition) is 1. The number of carbonyl (C=O) groups excluding carboxylic acids is 2. The van der Waals surface area contributed by atoms with Crippen LogP contribution in [0.2, 0.25) is 0 Å². The van der Waals surface area contributed by atoms with Crippen LogP contribution >= 0.6 is 0 Å². The van der Waals surface area contributed by atoms with E-state index in [9.17, 15) is 14.4 Å². The summed E-state index contributed by atoms with van der Waals surface area (Å²) in [5.41, 5.74) is 0. The van der Waals surface area contributed by atoms with Crippen LogP contribution in [0.3, 0.4) is 0 Å². The first-order chi connectivity index (χ1) is 10.5. The monoisotopic (exact) mass is 310 g/mol. The third-order valence-corrected chi connectivity index (χ3v) is 4.25. The van der Waals surface area contributed by atoms with E-state index in [-0.39, 0.29) is 18.4 Å². The molecule has 2 heterocycles. The maximum Gasteiger partial charge on any atom is 0.410 e. The molecule has 2 rings (SSSR count). The van der Waals surface area contributed by atoms with Crippen LogP contribution in [0.25, 0.3) is 0 Å². The van der Waals surface area contributed by atoms with Gasteiger partial charge in [0.2, 0.25) is 5.91 Å². The van der Waals surface area contributed by atoms with Gasteiger partial charge in [-0.3, -0.25) is 14.5 Å². The zero-order valence-electron chi connectivity index (χ0n) is 12.6. The van der Waals surface area contributed by atoms with E-state index >= 15 is 0 Å². The van der Waals surface area contributed by atoms with Crippen molar-refractivity contribution in [3.63, 3.8) is 0 Å². The lowest BCUT2D eigenvalue weighted by molar-refractivity contribution is -0.146. The van der Waals surface area contributed by atoms with Crippen molar-refractivity contribution in [2.24, 2.45) is 5.92 Å². The molecule has 0 bridgehead atoms. The van der Waals surface area contributed by atoms with E-state index in [0.29, 0.717) is 38.9 Å². The number of nitrogens with zero attached hydrogens (tertiary/aromatic N) is 2. The molecule has 0 aliphatic carbocycles. The Labute approximate surface area is 129 Å². The Hall–Kier alpha value is -2.05. The molecule has 0 unspecified atom stereocenters. The van der Waals surface area contributed by atoms with Gasteiger partial charge in [0.05, 0.1) is 5.92 Å². The van der Waals surface area contributed by atoms with Crippen LogP contribution in [0.5, 0.6) is 0 Å². The van der Waals surface area contributed by atoms with E-state index in [2.05, 4.69) is 6.58 Å². The Balaban J connectivity index is 1.92. The van der Waals surface area contributed by atoms with E-state index in [0.717, 1.165) is 6.42 Å². The second kappa shape index (κ2) is 7.29. The molecule has 2 fully saturated rings. The Morgan fingerprint density at radius 1 is 1.18 bits per heavy atom. The van der Waals surface area contributed by atoms with Crippen LogP contribution in [0, 0.1) is 5.92 Å². The number of carbonyl (C=O) groups is 3. The Kier molecular flexibility index (Phi) is 5.41. The fourth-order valence-corrected chi connectivity index (χ4v) is 3.01. The number of carboxylic acid groups (broad SMARTS) is 1. The summed E-state index contributed by atoms with van der Waals surface area (Å²) in [6, 6.07) is -0.487. The summed E-state index contributed by atoms with van der Waals surface area (Å²) in [7, 11) is 0. The molecule has 1 atom stereocenters.